The Hall–Kier alpha value is -3.80. The van der Waals surface area contributed by atoms with Crippen LogP contribution >= 0.6 is 0 Å². The molecular weight excluding hydrogens is 347 g/mol. The van der Waals surface area contributed by atoms with Gasteiger partial charge < -0.3 is 4.74 Å². The molecule has 2 aromatic heterocycles. The van der Waals surface area contributed by atoms with Gasteiger partial charge in [-0.2, -0.15) is 0 Å². The molecule has 132 valence electrons. The highest BCUT2D eigenvalue weighted by Crippen LogP contribution is 2.26. The van der Waals surface area contributed by atoms with Gasteiger partial charge in [-0.15, -0.1) is 0 Å². The predicted octanol–water partition coefficient (Wildman–Crippen LogP) is 3.72. The molecule has 0 atom stereocenters. The number of hydrogen-bond donors (Lipinski definition) is 0. The van der Waals surface area contributed by atoms with Crippen molar-refractivity contribution >= 4 is 11.6 Å². The van der Waals surface area contributed by atoms with Gasteiger partial charge in [0.2, 0.25) is 5.75 Å². The van der Waals surface area contributed by atoms with Gasteiger partial charge in [0.1, 0.15) is 17.2 Å². The summed E-state index contributed by atoms with van der Waals surface area (Å²) in [6, 6.07) is 19.8. The monoisotopic (exact) mass is 360 g/mol. The summed E-state index contributed by atoms with van der Waals surface area (Å²) >= 11 is 0. The number of esters is 1. The van der Waals surface area contributed by atoms with E-state index in [4.69, 9.17) is 4.74 Å². The minimum absolute atomic E-state index is 0.219. The summed E-state index contributed by atoms with van der Waals surface area (Å²) in [4.78, 5) is 29.8. The van der Waals surface area contributed by atoms with E-state index in [0.717, 1.165) is 10.6 Å². The van der Waals surface area contributed by atoms with Crippen molar-refractivity contribution in [3.05, 3.63) is 101 Å². The number of carbonyl (C=O) groups is 1. The number of aromatic nitrogens is 2. The summed E-state index contributed by atoms with van der Waals surface area (Å²) in [6.45, 7) is 0. The molecule has 0 fully saturated rings. The lowest BCUT2D eigenvalue weighted by atomic mass is 10.1. The Bertz CT molecular complexity index is 1190. The Balaban J connectivity index is 1.92. The molecule has 5 nitrogen and oxygen atoms in total. The van der Waals surface area contributed by atoms with E-state index in [9.17, 15) is 14.0 Å². The normalized spacial score (nSPS) is 10.7. The van der Waals surface area contributed by atoms with Crippen molar-refractivity contribution in [3.8, 4) is 17.0 Å². The summed E-state index contributed by atoms with van der Waals surface area (Å²) in [5, 5.41) is 0. The van der Waals surface area contributed by atoms with Crippen LogP contribution < -0.4 is 10.3 Å². The Morgan fingerprint density at radius 2 is 1.59 bits per heavy atom. The maximum Gasteiger partial charge on any atom is 0.343 e. The van der Waals surface area contributed by atoms with Gasteiger partial charge in [0.15, 0.2) is 0 Å². The summed E-state index contributed by atoms with van der Waals surface area (Å²) < 4.78 is 20.0. The fourth-order valence-corrected chi connectivity index (χ4v) is 2.71. The Morgan fingerprint density at radius 3 is 2.30 bits per heavy atom. The molecule has 27 heavy (non-hydrogen) atoms. The number of ether oxygens (including phenoxy) is 1. The second-order valence-electron chi connectivity index (χ2n) is 5.79. The fraction of sp³-hybridized carbons (Fsp3) is 0. The number of fused-ring (bicyclic) bond motifs is 1. The molecule has 0 aliphatic heterocycles. The van der Waals surface area contributed by atoms with Crippen LogP contribution in [0.3, 0.4) is 0 Å². The van der Waals surface area contributed by atoms with Gasteiger partial charge in [-0.1, -0.05) is 48.5 Å². The highest BCUT2D eigenvalue weighted by atomic mass is 19.1. The Morgan fingerprint density at radius 1 is 0.926 bits per heavy atom. The first kappa shape index (κ1) is 16.7. The average Bonchev–Trinajstić information content (AvgIpc) is 2.71. The van der Waals surface area contributed by atoms with Crippen molar-refractivity contribution in [3.63, 3.8) is 0 Å². The zero-order chi connectivity index (χ0) is 18.8. The van der Waals surface area contributed by atoms with E-state index in [1.807, 2.05) is 6.07 Å². The van der Waals surface area contributed by atoms with E-state index in [1.165, 1.54) is 12.1 Å². The third-order valence-electron chi connectivity index (χ3n) is 4.00. The van der Waals surface area contributed by atoms with E-state index in [-0.39, 0.29) is 17.1 Å². The molecule has 4 rings (SSSR count). The van der Waals surface area contributed by atoms with Crippen molar-refractivity contribution in [1.82, 2.24) is 9.38 Å². The van der Waals surface area contributed by atoms with Crippen LogP contribution in [-0.2, 0) is 0 Å². The molecule has 0 bridgehead atoms. The van der Waals surface area contributed by atoms with Crippen LogP contribution in [0.2, 0.25) is 0 Å². The van der Waals surface area contributed by atoms with Crippen LogP contribution in [0, 0.1) is 5.82 Å². The molecule has 0 radical (unpaired) electrons. The summed E-state index contributed by atoms with van der Waals surface area (Å²) in [7, 11) is 0. The number of carbonyl (C=O) groups excluding carboxylic acids is 1. The molecule has 0 aliphatic carbocycles. The van der Waals surface area contributed by atoms with E-state index in [2.05, 4.69) is 4.98 Å². The number of halogens is 1. The summed E-state index contributed by atoms with van der Waals surface area (Å²) in [5.41, 5.74) is 0.705. The van der Waals surface area contributed by atoms with Crippen molar-refractivity contribution in [2.45, 2.75) is 0 Å². The SMILES string of the molecule is O=C(Oc1c(-c2ccccc2)nc2ccc(F)cn2c1=O)c1ccccc1. The number of benzene rings is 2. The van der Waals surface area contributed by atoms with E-state index in [0.29, 0.717) is 11.1 Å². The van der Waals surface area contributed by atoms with Gasteiger partial charge >= 0.3 is 11.5 Å². The zero-order valence-electron chi connectivity index (χ0n) is 14.0. The van der Waals surface area contributed by atoms with Crippen LogP contribution in [-0.4, -0.2) is 15.4 Å². The number of nitrogens with zero attached hydrogens (tertiary/aromatic N) is 2. The highest BCUT2D eigenvalue weighted by molar-refractivity contribution is 5.91. The van der Waals surface area contributed by atoms with Crippen molar-refractivity contribution in [2.24, 2.45) is 0 Å². The molecule has 0 amide bonds. The van der Waals surface area contributed by atoms with E-state index < -0.39 is 17.3 Å². The van der Waals surface area contributed by atoms with Gasteiger partial charge in [0.05, 0.1) is 5.56 Å². The topological polar surface area (TPSA) is 60.7 Å². The molecule has 0 spiro atoms. The fourth-order valence-electron chi connectivity index (χ4n) is 2.71. The molecular formula is C21H13FN2O3. The second-order valence-corrected chi connectivity index (χ2v) is 5.79. The molecule has 0 aliphatic rings. The number of rotatable bonds is 3. The molecule has 2 heterocycles. The van der Waals surface area contributed by atoms with E-state index in [1.54, 1.807) is 54.6 Å². The second kappa shape index (κ2) is 6.84. The first-order valence-electron chi connectivity index (χ1n) is 8.18. The van der Waals surface area contributed by atoms with Gasteiger partial charge in [0.25, 0.3) is 0 Å². The lowest BCUT2D eigenvalue weighted by Crippen LogP contribution is -2.22. The lowest BCUT2D eigenvalue weighted by Gasteiger charge is -2.11. The first-order chi connectivity index (χ1) is 13.1. The molecule has 6 heteroatoms. The maximum absolute atomic E-state index is 13.6. The van der Waals surface area contributed by atoms with Crippen LogP contribution in [0.15, 0.2) is 83.8 Å². The molecule has 4 aromatic rings. The van der Waals surface area contributed by atoms with Gasteiger partial charge in [0, 0.05) is 11.8 Å². The summed E-state index contributed by atoms with van der Waals surface area (Å²) in [5.74, 6) is -1.54. The lowest BCUT2D eigenvalue weighted by molar-refractivity contribution is 0.0732. The molecule has 0 N–H and O–H groups in total. The molecule has 0 unspecified atom stereocenters. The van der Waals surface area contributed by atoms with Gasteiger partial charge in [-0.05, 0) is 24.3 Å². The third kappa shape index (κ3) is 3.20. The quantitative estimate of drug-likeness (QED) is 0.523. The largest absolute Gasteiger partial charge is 0.415 e. The van der Waals surface area contributed by atoms with Crippen LogP contribution in [0.4, 0.5) is 4.39 Å². The van der Waals surface area contributed by atoms with Crippen molar-refractivity contribution in [2.75, 3.05) is 0 Å². The Labute approximate surface area is 153 Å². The van der Waals surface area contributed by atoms with Crippen molar-refractivity contribution in [1.29, 1.82) is 0 Å². The van der Waals surface area contributed by atoms with Crippen LogP contribution in [0.1, 0.15) is 10.4 Å². The molecule has 2 aromatic carbocycles. The van der Waals surface area contributed by atoms with Crippen LogP contribution in [0.5, 0.6) is 5.75 Å². The number of hydrogen-bond acceptors (Lipinski definition) is 4. The van der Waals surface area contributed by atoms with Gasteiger partial charge in [-0.25, -0.2) is 14.2 Å². The van der Waals surface area contributed by atoms with Gasteiger partial charge in [-0.3, -0.25) is 9.20 Å². The smallest absolute Gasteiger partial charge is 0.343 e. The van der Waals surface area contributed by atoms with Crippen molar-refractivity contribution < 1.29 is 13.9 Å². The molecule has 0 saturated heterocycles. The van der Waals surface area contributed by atoms with E-state index >= 15 is 0 Å². The number of pyridine rings is 1. The predicted molar refractivity (Wildman–Crippen MR) is 98.3 cm³/mol. The summed E-state index contributed by atoms with van der Waals surface area (Å²) in [6.07, 6.45) is 1.01. The molecule has 0 saturated carbocycles. The minimum Gasteiger partial charge on any atom is -0.415 e. The standard InChI is InChI=1S/C21H13FN2O3/c22-16-11-12-17-23-18(14-7-3-1-4-8-14)19(20(25)24(17)13-16)27-21(26)15-9-5-2-6-10-15/h1-13H. The zero-order valence-corrected chi connectivity index (χ0v) is 14.0. The minimum atomic E-state index is -0.692. The highest BCUT2D eigenvalue weighted by Gasteiger charge is 2.20. The average molecular weight is 360 g/mol. The maximum atomic E-state index is 13.6. The first-order valence-corrected chi connectivity index (χ1v) is 8.18. The third-order valence-corrected chi connectivity index (χ3v) is 4.00. The Kier molecular flexibility index (Phi) is 4.22. The van der Waals surface area contributed by atoms with Crippen LogP contribution in [0.25, 0.3) is 16.9 Å².